The topological polar surface area (TPSA) is 72.4 Å². The van der Waals surface area contributed by atoms with Gasteiger partial charge in [0, 0.05) is 18.3 Å². The highest BCUT2D eigenvalue weighted by molar-refractivity contribution is 14.0. The van der Waals surface area contributed by atoms with Crippen molar-refractivity contribution in [2.45, 2.75) is 33.0 Å². The minimum Gasteiger partial charge on any atom is -0.370 e. The molecule has 0 radical (unpaired) electrons. The Labute approximate surface area is 153 Å². The van der Waals surface area contributed by atoms with Gasteiger partial charge in [-0.2, -0.15) is 0 Å². The number of nitrogens with two attached hydrogens (primary N) is 1. The maximum atomic E-state index is 11.7. The molecule has 0 aliphatic carbocycles. The molecular weight excluding hydrogens is 403 g/mol. The molecule has 2 aromatic rings. The van der Waals surface area contributed by atoms with Crippen LogP contribution in [0.15, 0.2) is 58.4 Å². The molecule has 0 spiro atoms. The monoisotopic (exact) mass is 426 g/mol. The number of aliphatic imine (C=N–C) groups is 1. The lowest BCUT2D eigenvalue weighted by atomic mass is 10.1. The Bertz CT molecular complexity index is 692. The summed E-state index contributed by atoms with van der Waals surface area (Å²) in [5, 5.41) is 3.05. The van der Waals surface area contributed by atoms with Gasteiger partial charge in [0.15, 0.2) is 5.96 Å². The first-order valence-corrected chi connectivity index (χ1v) is 7.34. The lowest BCUT2D eigenvalue weighted by molar-refractivity contribution is 0.723. The molecule has 0 fully saturated rings. The predicted octanol–water partition coefficient (Wildman–Crippen LogP) is 2.33. The number of hydrogen-bond acceptors (Lipinski definition) is 2. The Kier molecular flexibility index (Phi) is 7.80. The van der Waals surface area contributed by atoms with Gasteiger partial charge in [-0.15, -0.1) is 24.0 Å². The molecule has 3 N–H and O–H groups in total. The summed E-state index contributed by atoms with van der Waals surface area (Å²) in [6.07, 6.45) is 1.79. The second kappa shape index (κ2) is 9.34. The summed E-state index contributed by atoms with van der Waals surface area (Å²) in [6.45, 7) is 5.14. The average molecular weight is 426 g/mol. The van der Waals surface area contributed by atoms with Crippen LogP contribution in [0.25, 0.3) is 0 Å². The first kappa shape index (κ1) is 19.2. The number of nitrogens with one attached hydrogen (secondary N) is 1. The highest BCUT2D eigenvalue weighted by Gasteiger charge is 1.99. The number of benzene rings is 1. The molecule has 1 aromatic carbocycles. The normalized spacial score (nSPS) is 11.2. The van der Waals surface area contributed by atoms with E-state index >= 15 is 0 Å². The molecule has 2 rings (SSSR count). The van der Waals surface area contributed by atoms with E-state index in [0.717, 1.165) is 11.1 Å². The fourth-order valence-corrected chi connectivity index (χ4v) is 2.06. The van der Waals surface area contributed by atoms with Gasteiger partial charge in [-0.05, 0) is 31.0 Å². The maximum Gasteiger partial charge on any atom is 0.250 e. The van der Waals surface area contributed by atoms with Crippen molar-refractivity contribution in [1.29, 1.82) is 0 Å². The van der Waals surface area contributed by atoms with Gasteiger partial charge < -0.3 is 15.6 Å². The highest BCUT2D eigenvalue weighted by atomic mass is 127. The molecule has 0 atom stereocenters. The summed E-state index contributed by atoms with van der Waals surface area (Å²) < 4.78 is 1.68. The Morgan fingerprint density at radius 1 is 1.17 bits per heavy atom. The summed E-state index contributed by atoms with van der Waals surface area (Å²) in [4.78, 5) is 16.0. The molecule has 0 aliphatic rings. The van der Waals surface area contributed by atoms with E-state index in [2.05, 4.69) is 10.3 Å². The highest BCUT2D eigenvalue weighted by Crippen LogP contribution is 2.07. The summed E-state index contributed by atoms with van der Waals surface area (Å²) in [5.41, 5.74) is 7.93. The Morgan fingerprint density at radius 2 is 1.83 bits per heavy atom. The number of aromatic nitrogens is 1. The number of halogens is 1. The molecule has 1 aromatic heterocycles. The van der Waals surface area contributed by atoms with Crippen LogP contribution in [-0.4, -0.2) is 16.6 Å². The van der Waals surface area contributed by atoms with E-state index in [1.807, 2.05) is 44.2 Å². The second-order valence-electron chi connectivity index (χ2n) is 5.48. The van der Waals surface area contributed by atoms with Crippen LogP contribution in [0.2, 0.25) is 0 Å². The lowest BCUT2D eigenvalue weighted by Gasteiger charge is -2.09. The minimum absolute atomic E-state index is 0. The largest absolute Gasteiger partial charge is 0.370 e. The van der Waals surface area contributed by atoms with E-state index in [4.69, 9.17) is 5.73 Å². The van der Waals surface area contributed by atoms with Gasteiger partial charge in [-0.3, -0.25) is 4.79 Å². The van der Waals surface area contributed by atoms with Crippen molar-refractivity contribution >= 4 is 29.9 Å². The first-order chi connectivity index (χ1) is 10.5. The van der Waals surface area contributed by atoms with Crippen molar-refractivity contribution in [3.8, 4) is 0 Å². The van der Waals surface area contributed by atoms with Crippen LogP contribution in [-0.2, 0) is 13.1 Å². The molecule has 0 bridgehead atoms. The third-order valence-electron chi connectivity index (χ3n) is 3.14. The third kappa shape index (κ3) is 6.43. The van der Waals surface area contributed by atoms with Gasteiger partial charge in [0.25, 0.3) is 5.56 Å². The fourth-order valence-electron chi connectivity index (χ4n) is 2.06. The quantitative estimate of drug-likeness (QED) is 0.438. The molecular formula is C17H23IN4O. The van der Waals surface area contributed by atoms with Crippen molar-refractivity contribution in [2.24, 2.45) is 10.7 Å². The Morgan fingerprint density at radius 3 is 2.43 bits per heavy atom. The zero-order valence-corrected chi connectivity index (χ0v) is 15.7. The molecule has 23 heavy (non-hydrogen) atoms. The van der Waals surface area contributed by atoms with Crippen LogP contribution in [0.5, 0.6) is 0 Å². The smallest absolute Gasteiger partial charge is 0.250 e. The predicted molar refractivity (Wildman–Crippen MR) is 105 cm³/mol. The van der Waals surface area contributed by atoms with E-state index in [-0.39, 0.29) is 35.6 Å². The van der Waals surface area contributed by atoms with Gasteiger partial charge in [0.1, 0.15) is 0 Å². The third-order valence-corrected chi connectivity index (χ3v) is 3.14. The van der Waals surface area contributed by atoms with Gasteiger partial charge >= 0.3 is 0 Å². The molecule has 0 amide bonds. The van der Waals surface area contributed by atoms with Crippen molar-refractivity contribution in [2.75, 3.05) is 0 Å². The zero-order valence-electron chi connectivity index (χ0n) is 13.4. The summed E-state index contributed by atoms with van der Waals surface area (Å²) >= 11 is 0. The van der Waals surface area contributed by atoms with E-state index in [1.165, 1.54) is 0 Å². The first-order valence-electron chi connectivity index (χ1n) is 7.34. The van der Waals surface area contributed by atoms with Crippen molar-refractivity contribution < 1.29 is 0 Å². The zero-order chi connectivity index (χ0) is 15.9. The van der Waals surface area contributed by atoms with Crippen LogP contribution in [0, 0.1) is 0 Å². The van der Waals surface area contributed by atoms with Crippen LogP contribution in [0.3, 0.4) is 0 Å². The van der Waals surface area contributed by atoms with Crippen LogP contribution in [0.4, 0.5) is 0 Å². The fraction of sp³-hybridized carbons (Fsp3) is 0.294. The number of pyridine rings is 1. The molecule has 1 heterocycles. The van der Waals surface area contributed by atoms with Crippen molar-refractivity contribution in [3.63, 3.8) is 0 Å². The van der Waals surface area contributed by atoms with E-state index in [0.29, 0.717) is 19.0 Å². The molecule has 0 aliphatic heterocycles. The second-order valence-corrected chi connectivity index (χ2v) is 5.48. The van der Waals surface area contributed by atoms with Crippen LogP contribution in [0.1, 0.15) is 25.0 Å². The minimum atomic E-state index is 0. The number of rotatable bonds is 5. The number of hydrogen-bond donors (Lipinski definition) is 2. The van der Waals surface area contributed by atoms with Gasteiger partial charge in [-0.25, -0.2) is 4.99 Å². The molecule has 5 nitrogen and oxygen atoms in total. The van der Waals surface area contributed by atoms with Crippen LogP contribution < -0.4 is 16.6 Å². The molecule has 124 valence electrons. The number of guanidine groups is 1. The molecule has 0 unspecified atom stereocenters. The van der Waals surface area contributed by atoms with E-state index in [1.54, 1.807) is 22.9 Å². The molecule has 0 saturated heterocycles. The maximum absolute atomic E-state index is 11.7. The Hall–Kier alpha value is -1.83. The summed E-state index contributed by atoms with van der Waals surface area (Å²) in [7, 11) is 0. The van der Waals surface area contributed by atoms with Crippen molar-refractivity contribution in [1.82, 2.24) is 9.88 Å². The van der Waals surface area contributed by atoms with E-state index < -0.39 is 0 Å². The summed E-state index contributed by atoms with van der Waals surface area (Å²) in [6, 6.07) is 13.5. The number of nitrogens with zero attached hydrogens (tertiary/aromatic N) is 2. The summed E-state index contributed by atoms with van der Waals surface area (Å²) in [5.74, 6) is 0.454. The van der Waals surface area contributed by atoms with Crippen molar-refractivity contribution in [3.05, 3.63) is 70.1 Å². The van der Waals surface area contributed by atoms with Crippen LogP contribution >= 0.6 is 24.0 Å². The standard InChI is InChI=1S/C17H22N4O.HI/c1-13(2)20-17(18)19-11-14-6-8-15(9-7-14)12-21-10-4-3-5-16(21)22;/h3-10,13H,11-12H2,1-2H3,(H3,18,19,20);1H. The lowest BCUT2D eigenvalue weighted by Crippen LogP contribution is -2.36. The molecule has 6 heteroatoms. The SMILES string of the molecule is CC(C)NC(N)=NCc1ccc(Cn2ccccc2=O)cc1.I. The van der Waals surface area contributed by atoms with Gasteiger partial charge in [0.2, 0.25) is 0 Å². The Balaban J connectivity index is 0.00000264. The molecule has 0 saturated carbocycles. The van der Waals surface area contributed by atoms with E-state index in [9.17, 15) is 4.79 Å². The average Bonchev–Trinajstić information content (AvgIpc) is 2.48. The van der Waals surface area contributed by atoms with Gasteiger partial charge in [-0.1, -0.05) is 30.3 Å². The van der Waals surface area contributed by atoms with Gasteiger partial charge in [0.05, 0.1) is 13.1 Å².